The Morgan fingerprint density at radius 2 is 1.95 bits per heavy atom. The normalized spacial score (nSPS) is 17.5. The van der Waals surface area contributed by atoms with Crippen molar-refractivity contribution in [1.82, 2.24) is 30.0 Å². The van der Waals surface area contributed by atoms with Crippen molar-refractivity contribution in [2.24, 2.45) is 0 Å². The van der Waals surface area contributed by atoms with Crippen molar-refractivity contribution in [2.45, 2.75) is 25.0 Å². The van der Waals surface area contributed by atoms with Crippen molar-refractivity contribution in [1.29, 1.82) is 0 Å². The number of benzene rings is 2. The van der Waals surface area contributed by atoms with Crippen LogP contribution in [-0.2, 0) is 11.1 Å². The zero-order valence-electron chi connectivity index (χ0n) is 22.6. The number of nitrogens with one attached hydrogen (secondary N) is 1. The second-order valence-electron chi connectivity index (χ2n) is 10.4. The Kier molecular flexibility index (Phi) is 6.38. The molecule has 0 fully saturated rings. The number of nitrogens with zero attached hydrogens (tertiary/aromatic N) is 5. The first-order valence-corrected chi connectivity index (χ1v) is 12.9. The number of halogens is 1. The molecule has 0 spiro atoms. The summed E-state index contributed by atoms with van der Waals surface area (Å²) in [5, 5.41) is 23.1. The van der Waals surface area contributed by atoms with E-state index in [-0.39, 0.29) is 19.0 Å². The summed E-state index contributed by atoms with van der Waals surface area (Å²) >= 11 is 0. The summed E-state index contributed by atoms with van der Waals surface area (Å²) in [6.45, 7) is 3.68. The standard InChI is InChI=1S/C30H27FN6O4/c1-29(37-16-34-35-17-37)15-41-27-22(29)13-24(36-26(27)18-6-8-21(31)9-7-18)30(2,39)14-33-28(38)20-11-19-5-4-10-32-25(19)23(12-20)40-3/h4-13,16-17,39H,14-15H2,1-3H3,(H,33,38)/t29-,30-/m0/s1. The molecule has 1 aliphatic rings. The fraction of sp³-hybridized carbons (Fsp3) is 0.233. The second kappa shape index (κ2) is 9.93. The summed E-state index contributed by atoms with van der Waals surface area (Å²) < 4.78 is 27.1. The number of amides is 1. The number of carbonyl (C=O) groups excluding carboxylic acids is 1. The smallest absolute Gasteiger partial charge is 0.251 e. The van der Waals surface area contributed by atoms with Gasteiger partial charge in [0.15, 0.2) is 5.75 Å². The third kappa shape index (κ3) is 4.63. The predicted octanol–water partition coefficient (Wildman–Crippen LogP) is 3.83. The van der Waals surface area contributed by atoms with Crippen LogP contribution in [0, 0.1) is 5.82 Å². The monoisotopic (exact) mass is 554 g/mol. The molecule has 2 N–H and O–H groups in total. The van der Waals surface area contributed by atoms with Crippen LogP contribution < -0.4 is 14.8 Å². The highest BCUT2D eigenvalue weighted by Crippen LogP contribution is 2.46. The highest BCUT2D eigenvalue weighted by Gasteiger charge is 2.42. The minimum absolute atomic E-state index is 0.141. The van der Waals surface area contributed by atoms with Crippen molar-refractivity contribution < 1.29 is 23.8 Å². The fourth-order valence-electron chi connectivity index (χ4n) is 5.01. The van der Waals surface area contributed by atoms with Gasteiger partial charge >= 0.3 is 0 Å². The van der Waals surface area contributed by atoms with Crippen LogP contribution in [0.1, 0.15) is 35.5 Å². The Morgan fingerprint density at radius 1 is 1.20 bits per heavy atom. The van der Waals surface area contributed by atoms with Crippen LogP contribution >= 0.6 is 0 Å². The molecule has 11 heteroatoms. The molecule has 41 heavy (non-hydrogen) atoms. The molecule has 4 heterocycles. The van der Waals surface area contributed by atoms with Crippen LogP contribution in [0.3, 0.4) is 0 Å². The number of aromatic nitrogens is 5. The molecule has 0 saturated heterocycles. The average molecular weight is 555 g/mol. The quantitative estimate of drug-likeness (QED) is 0.311. The second-order valence-corrected chi connectivity index (χ2v) is 10.4. The van der Waals surface area contributed by atoms with Crippen LogP contribution in [0.2, 0.25) is 0 Å². The van der Waals surface area contributed by atoms with Crippen molar-refractivity contribution in [3.05, 3.63) is 96.1 Å². The first-order chi connectivity index (χ1) is 19.7. The lowest BCUT2D eigenvalue weighted by Gasteiger charge is -2.28. The number of aliphatic hydroxyl groups is 1. The van der Waals surface area contributed by atoms with Gasteiger partial charge < -0.3 is 24.5 Å². The van der Waals surface area contributed by atoms with Crippen molar-refractivity contribution in [3.63, 3.8) is 0 Å². The zero-order valence-corrected chi connectivity index (χ0v) is 22.6. The third-order valence-corrected chi connectivity index (χ3v) is 7.45. The topological polar surface area (TPSA) is 124 Å². The third-order valence-electron chi connectivity index (χ3n) is 7.45. The predicted molar refractivity (Wildman–Crippen MR) is 148 cm³/mol. The molecule has 0 saturated carbocycles. The van der Waals surface area contributed by atoms with E-state index in [0.717, 1.165) is 10.9 Å². The molecule has 0 unspecified atom stereocenters. The first-order valence-electron chi connectivity index (χ1n) is 12.9. The average Bonchev–Trinajstić information content (AvgIpc) is 3.65. The van der Waals surface area contributed by atoms with Crippen LogP contribution in [0.5, 0.6) is 11.5 Å². The highest BCUT2D eigenvalue weighted by atomic mass is 19.1. The number of fused-ring (bicyclic) bond motifs is 2. The molecule has 10 nitrogen and oxygen atoms in total. The maximum absolute atomic E-state index is 13.7. The molecule has 0 radical (unpaired) electrons. The van der Waals surface area contributed by atoms with Gasteiger partial charge in [0, 0.05) is 28.3 Å². The Hall–Kier alpha value is -4.90. The van der Waals surface area contributed by atoms with Gasteiger partial charge in [0.05, 0.1) is 19.3 Å². The number of hydrogen-bond acceptors (Lipinski definition) is 8. The molecule has 6 rings (SSSR count). The van der Waals surface area contributed by atoms with Crippen molar-refractivity contribution in [2.75, 3.05) is 20.3 Å². The number of ether oxygens (including phenoxy) is 2. The molecule has 3 aromatic heterocycles. The van der Waals surface area contributed by atoms with E-state index in [9.17, 15) is 14.3 Å². The van der Waals surface area contributed by atoms with Gasteiger partial charge in [-0.15, -0.1) is 10.2 Å². The molecular weight excluding hydrogens is 527 g/mol. The van der Waals surface area contributed by atoms with E-state index in [1.165, 1.54) is 19.2 Å². The summed E-state index contributed by atoms with van der Waals surface area (Å²) in [6.07, 6.45) is 4.86. The molecule has 2 atom stereocenters. The van der Waals surface area contributed by atoms with Crippen molar-refractivity contribution >= 4 is 16.8 Å². The highest BCUT2D eigenvalue weighted by molar-refractivity contribution is 5.99. The van der Waals surface area contributed by atoms with Crippen molar-refractivity contribution in [3.8, 4) is 22.8 Å². The molecule has 208 valence electrons. The molecule has 0 bridgehead atoms. The number of methoxy groups -OCH3 is 1. The Labute approximate surface area is 234 Å². The van der Waals surface area contributed by atoms with Gasteiger partial charge in [0.25, 0.3) is 5.91 Å². The zero-order chi connectivity index (χ0) is 28.8. The minimum Gasteiger partial charge on any atom is -0.494 e. The number of rotatable bonds is 7. The summed E-state index contributed by atoms with van der Waals surface area (Å²) in [7, 11) is 1.52. The van der Waals surface area contributed by atoms with E-state index in [1.54, 1.807) is 62.2 Å². The van der Waals surface area contributed by atoms with E-state index < -0.39 is 17.0 Å². The van der Waals surface area contributed by atoms with Gasteiger partial charge in [-0.05, 0) is 62.4 Å². The fourth-order valence-corrected chi connectivity index (χ4v) is 5.01. The minimum atomic E-state index is -1.58. The Bertz CT molecular complexity index is 1760. The largest absolute Gasteiger partial charge is 0.494 e. The molecule has 1 amide bonds. The molecular formula is C30H27FN6O4. The van der Waals surface area contributed by atoms with Crippen LogP contribution in [0.15, 0.2) is 73.4 Å². The lowest BCUT2D eigenvalue weighted by molar-refractivity contribution is 0.0489. The summed E-state index contributed by atoms with van der Waals surface area (Å²) in [5.74, 6) is 0.213. The summed E-state index contributed by atoms with van der Waals surface area (Å²) in [5.41, 5.74) is 0.856. The van der Waals surface area contributed by atoms with Gasteiger partial charge in [0.2, 0.25) is 0 Å². The van der Waals surface area contributed by atoms with Gasteiger partial charge in [-0.2, -0.15) is 0 Å². The van der Waals surface area contributed by atoms with E-state index in [1.807, 2.05) is 17.6 Å². The van der Waals surface area contributed by atoms with E-state index >= 15 is 0 Å². The van der Waals surface area contributed by atoms with Crippen LogP contribution in [0.4, 0.5) is 4.39 Å². The maximum Gasteiger partial charge on any atom is 0.251 e. The van der Waals surface area contributed by atoms with Gasteiger partial charge in [0.1, 0.15) is 53.2 Å². The molecule has 1 aliphatic heterocycles. The van der Waals surface area contributed by atoms with Gasteiger partial charge in [-0.25, -0.2) is 9.37 Å². The first kappa shape index (κ1) is 26.3. The van der Waals surface area contributed by atoms with Gasteiger partial charge in [-0.1, -0.05) is 6.07 Å². The molecule has 2 aromatic carbocycles. The molecule has 5 aromatic rings. The van der Waals surface area contributed by atoms with E-state index in [0.29, 0.717) is 39.5 Å². The maximum atomic E-state index is 13.7. The Balaban J connectivity index is 1.36. The SMILES string of the molecule is COc1cc(C(=O)NC[C@](C)(O)c2cc3c(c(-c4ccc(F)cc4)n2)OC[C@]3(C)n2cnnc2)cc2cccnc12. The van der Waals surface area contributed by atoms with E-state index in [4.69, 9.17) is 14.5 Å². The number of hydrogen-bond donors (Lipinski definition) is 2. The lowest BCUT2D eigenvalue weighted by atomic mass is 9.89. The van der Waals surface area contributed by atoms with Gasteiger partial charge in [-0.3, -0.25) is 9.78 Å². The van der Waals surface area contributed by atoms with E-state index in [2.05, 4.69) is 20.5 Å². The van der Waals surface area contributed by atoms with Crippen LogP contribution in [-0.4, -0.2) is 56.0 Å². The molecule has 0 aliphatic carbocycles. The summed E-state index contributed by atoms with van der Waals surface area (Å²) in [4.78, 5) is 22.3. The Morgan fingerprint density at radius 3 is 2.68 bits per heavy atom. The lowest BCUT2D eigenvalue weighted by Crippen LogP contribution is -2.39. The number of pyridine rings is 2. The van der Waals surface area contributed by atoms with Crippen LogP contribution in [0.25, 0.3) is 22.2 Å². The summed E-state index contributed by atoms with van der Waals surface area (Å²) in [6, 6.07) is 14.6. The number of carbonyl (C=O) groups is 1.